The number of hydrogen-bond acceptors (Lipinski definition) is 4. The second kappa shape index (κ2) is 6.30. The second-order valence-corrected chi connectivity index (χ2v) is 7.94. The number of carboxylic acid groups (broad SMARTS) is 1. The van der Waals surface area contributed by atoms with Gasteiger partial charge in [0, 0.05) is 43.9 Å². The number of nitrogens with zero attached hydrogens (tertiary/aromatic N) is 3. The number of pyridine rings is 1. The summed E-state index contributed by atoms with van der Waals surface area (Å²) in [7, 11) is -0.672. The second-order valence-electron chi connectivity index (χ2n) is 5.78. The number of benzene rings is 1. The average Bonchev–Trinajstić information content (AvgIpc) is 2.94. The van der Waals surface area contributed by atoms with Crippen LogP contribution in [-0.2, 0) is 16.6 Å². The maximum absolute atomic E-state index is 12.3. The van der Waals surface area contributed by atoms with Crippen LogP contribution in [0, 0.1) is 0 Å². The minimum Gasteiger partial charge on any atom is -0.477 e. The van der Waals surface area contributed by atoms with Crippen molar-refractivity contribution in [3.05, 3.63) is 60.0 Å². The molecule has 0 aliphatic heterocycles. The van der Waals surface area contributed by atoms with Crippen LogP contribution in [0.1, 0.15) is 16.1 Å². The Morgan fingerprint density at radius 2 is 1.84 bits per heavy atom. The van der Waals surface area contributed by atoms with E-state index < -0.39 is 16.0 Å². The van der Waals surface area contributed by atoms with Gasteiger partial charge in [0.05, 0.1) is 4.90 Å². The Hall–Kier alpha value is -2.71. The van der Waals surface area contributed by atoms with E-state index >= 15 is 0 Å². The molecule has 0 bridgehead atoms. The molecule has 8 heteroatoms. The Labute approximate surface area is 145 Å². The molecule has 3 aromatic rings. The summed E-state index contributed by atoms with van der Waals surface area (Å²) in [5, 5.41) is 10.1. The van der Waals surface area contributed by atoms with Crippen molar-refractivity contribution >= 4 is 26.9 Å². The van der Waals surface area contributed by atoms with Gasteiger partial charge in [-0.1, -0.05) is 0 Å². The molecule has 2 heterocycles. The summed E-state index contributed by atoms with van der Waals surface area (Å²) in [4.78, 5) is 15.7. The SMILES string of the molecule is CN(C)S(=O)(=O)c1ccc2c(c1)cc(C(=O)O)n2Cc1ccncc1. The van der Waals surface area contributed by atoms with Crippen molar-refractivity contribution in [2.75, 3.05) is 14.1 Å². The van der Waals surface area contributed by atoms with Gasteiger partial charge in [-0.3, -0.25) is 4.98 Å². The number of fused-ring (bicyclic) bond motifs is 1. The lowest BCUT2D eigenvalue weighted by atomic mass is 10.2. The number of sulfonamides is 1. The normalized spacial score (nSPS) is 12.0. The lowest BCUT2D eigenvalue weighted by Gasteiger charge is -2.12. The van der Waals surface area contributed by atoms with E-state index in [1.807, 2.05) is 12.1 Å². The maximum atomic E-state index is 12.3. The fraction of sp³-hybridized carbons (Fsp3) is 0.176. The Bertz CT molecular complexity index is 1040. The third-order valence-corrected chi connectivity index (χ3v) is 5.77. The van der Waals surface area contributed by atoms with Gasteiger partial charge in [0.1, 0.15) is 5.69 Å². The van der Waals surface area contributed by atoms with Crippen LogP contribution < -0.4 is 0 Å². The van der Waals surface area contributed by atoms with Gasteiger partial charge in [-0.25, -0.2) is 17.5 Å². The molecule has 0 saturated carbocycles. The minimum absolute atomic E-state index is 0.103. The molecule has 0 atom stereocenters. The molecule has 0 aliphatic carbocycles. The van der Waals surface area contributed by atoms with Crippen LogP contribution in [0.5, 0.6) is 0 Å². The van der Waals surface area contributed by atoms with Crippen molar-refractivity contribution in [3.63, 3.8) is 0 Å². The van der Waals surface area contributed by atoms with Crippen LogP contribution in [0.25, 0.3) is 10.9 Å². The van der Waals surface area contributed by atoms with Gasteiger partial charge in [0.25, 0.3) is 0 Å². The number of aromatic nitrogens is 2. The van der Waals surface area contributed by atoms with Gasteiger partial charge in [-0.2, -0.15) is 0 Å². The van der Waals surface area contributed by atoms with E-state index in [0.717, 1.165) is 9.87 Å². The first-order valence-electron chi connectivity index (χ1n) is 7.48. The number of carboxylic acids is 1. The van der Waals surface area contributed by atoms with E-state index in [9.17, 15) is 18.3 Å². The fourth-order valence-electron chi connectivity index (χ4n) is 2.64. The first-order valence-corrected chi connectivity index (χ1v) is 8.93. The van der Waals surface area contributed by atoms with Crippen LogP contribution in [0.15, 0.2) is 53.7 Å². The van der Waals surface area contributed by atoms with Crippen molar-refractivity contribution in [1.82, 2.24) is 13.9 Å². The summed E-state index contributed by atoms with van der Waals surface area (Å²) in [5.41, 5.74) is 1.66. The molecule has 0 amide bonds. The molecule has 0 spiro atoms. The third-order valence-electron chi connectivity index (χ3n) is 3.96. The summed E-state index contributed by atoms with van der Waals surface area (Å²) < 4.78 is 27.4. The smallest absolute Gasteiger partial charge is 0.352 e. The van der Waals surface area contributed by atoms with Gasteiger partial charge in [-0.05, 0) is 42.0 Å². The molecule has 3 rings (SSSR count). The van der Waals surface area contributed by atoms with Crippen molar-refractivity contribution in [2.45, 2.75) is 11.4 Å². The van der Waals surface area contributed by atoms with Crippen LogP contribution >= 0.6 is 0 Å². The molecule has 0 aliphatic rings. The Balaban J connectivity index is 2.16. The van der Waals surface area contributed by atoms with Crippen molar-refractivity contribution in [1.29, 1.82) is 0 Å². The predicted molar refractivity (Wildman–Crippen MR) is 93.1 cm³/mol. The van der Waals surface area contributed by atoms with Gasteiger partial charge in [0.2, 0.25) is 10.0 Å². The highest BCUT2D eigenvalue weighted by molar-refractivity contribution is 7.89. The van der Waals surface area contributed by atoms with E-state index in [1.165, 1.54) is 32.3 Å². The van der Waals surface area contributed by atoms with E-state index in [1.54, 1.807) is 23.0 Å². The number of hydrogen-bond donors (Lipinski definition) is 1. The zero-order chi connectivity index (χ0) is 18.2. The molecule has 1 N–H and O–H groups in total. The molecular formula is C17H17N3O4S. The Kier molecular flexibility index (Phi) is 4.32. The number of carbonyl (C=O) groups is 1. The van der Waals surface area contributed by atoms with Crippen LogP contribution in [0.3, 0.4) is 0 Å². The summed E-state index contributed by atoms with van der Waals surface area (Å²) in [5.74, 6) is -1.07. The van der Waals surface area contributed by atoms with Gasteiger partial charge >= 0.3 is 5.97 Å². The summed E-state index contributed by atoms with van der Waals surface area (Å²) in [6.45, 7) is 0.355. The Morgan fingerprint density at radius 1 is 1.16 bits per heavy atom. The summed E-state index contributed by atoms with van der Waals surface area (Å²) >= 11 is 0. The highest BCUT2D eigenvalue weighted by Gasteiger charge is 2.20. The van der Waals surface area contributed by atoms with Gasteiger partial charge < -0.3 is 9.67 Å². The molecule has 0 radical (unpaired) electrons. The number of rotatable bonds is 5. The molecule has 0 saturated heterocycles. The summed E-state index contributed by atoms with van der Waals surface area (Å²) in [6, 6.07) is 9.74. The first-order chi connectivity index (χ1) is 11.8. The minimum atomic E-state index is -3.58. The summed E-state index contributed by atoms with van der Waals surface area (Å²) in [6.07, 6.45) is 3.28. The van der Waals surface area contributed by atoms with Crippen LogP contribution in [0.4, 0.5) is 0 Å². The standard InChI is InChI=1S/C17H17N3O4S/c1-19(2)25(23,24)14-3-4-15-13(9-14)10-16(17(21)22)20(15)11-12-5-7-18-8-6-12/h3-10H,11H2,1-2H3,(H,21,22). The first kappa shape index (κ1) is 17.1. The molecule has 2 aromatic heterocycles. The van der Waals surface area contributed by atoms with E-state index in [2.05, 4.69) is 4.98 Å². The molecule has 1 aromatic carbocycles. The largest absolute Gasteiger partial charge is 0.477 e. The van der Waals surface area contributed by atoms with Crippen LogP contribution in [-0.4, -0.2) is 47.4 Å². The fourth-order valence-corrected chi connectivity index (χ4v) is 3.58. The topological polar surface area (TPSA) is 92.5 Å². The van der Waals surface area contributed by atoms with E-state index in [4.69, 9.17) is 0 Å². The predicted octanol–water partition coefficient (Wildman–Crippen LogP) is 2.03. The van der Waals surface area contributed by atoms with E-state index in [-0.39, 0.29) is 10.6 Å². The third kappa shape index (κ3) is 3.13. The molecule has 25 heavy (non-hydrogen) atoms. The highest BCUT2D eigenvalue weighted by atomic mass is 32.2. The van der Waals surface area contributed by atoms with E-state index in [0.29, 0.717) is 17.4 Å². The number of aromatic carboxylic acids is 1. The van der Waals surface area contributed by atoms with Gasteiger partial charge in [-0.15, -0.1) is 0 Å². The zero-order valence-corrected chi connectivity index (χ0v) is 14.6. The molecule has 130 valence electrons. The van der Waals surface area contributed by atoms with Gasteiger partial charge in [0.15, 0.2) is 0 Å². The monoisotopic (exact) mass is 359 g/mol. The highest BCUT2D eigenvalue weighted by Crippen LogP contribution is 2.25. The quantitative estimate of drug-likeness (QED) is 0.752. The molecule has 0 unspecified atom stereocenters. The average molecular weight is 359 g/mol. The zero-order valence-electron chi connectivity index (χ0n) is 13.7. The lowest BCUT2D eigenvalue weighted by molar-refractivity contribution is 0.0686. The van der Waals surface area contributed by atoms with Crippen molar-refractivity contribution in [3.8, 4) is 0 Å². The molecular weight excluding hydrogens is 342 g/mol. The maximum Gasteiger partial charge on any atom is 0.352 e. The van der Waals surface area contributed by atoms with Crippen molar-refractivity contribution < 1.29 is 18.3 Å². The molecule has 7 nitrogen and oxygen atoms in total. The lowest BCUT2D eigenvalue weighted by Crippen LogP contribution is -2.22. The Morgan fingerprint density at radius 3 is 2.44 bits per heavy atom. The van der Waals surface area contributed by atoms with Crippen LogP contribution in [0.2, 0.25) is 0 Å². The van der Waals surface area contributed by atoms with Crippen molar-refractivity contribution in [2.24, 2.45) is 0 Å². The molecule has 0 fully saturated rings.